The summed E-state index contributed by atoms with van der Waals surface area (Å²) in [6.45, 7) is 6.56. The smallest absolute Gasteiger partial charge is 0.160 e. The molecule has 1 heterocycles. The summed E-state index contributed by atoms with van der Waals surface area (Å²) in [5, 5.41) is 0.416. The third-order valence-corrected chi connectivity index (χ3v) is 3.51. The highest BCUT2D eigenvalue weighted by Crippen LogP contribution is 2.18. The Balaban J connectivity index is 2.35. The minimum absolute atomic E-state index is 0.416. The number of nitrogens with zero attached hydrogens (tertiary/aromatic N) is 2. The van der Waals surface area contributed by atoms with Crippen LogP contribution in [0.15, 0.2) is 36.5 Å². The molecule has 0 saturated heterocycles. The number of aromatic nitrogens is 2. The lowest BCUT2D eigenvalue weighted by atomic mass is 10.2. The van der Waals surface area contributed by atoms with Gasteiger partial charge in [-0.2, -0.15) is 0 Å². The van der Waals surface area contributed by atoms with E-state index in [1.165, 1.54) is 0 Å². The van der Waals surface area contributed by atoms with E-state index in [2.05, 4.69) is 41.1 Å². The van der Waals surface area contributed by atoms with E-state index in [1.807, 2.05) is 30.3 Å². The summed E-state index contributed by atoms with van der Waals surface area (Å²) >= 11 is 6.17. The Morgan fingerprint density at radius 3 is 2.37 bits per heavy atom. The molecule has 0 saturated carbocycles. The van der Waals surface area contributed by atoms with Crippen molar-refractivity contribution in [3.63, 3.8) is 0 Å². The van der Waals surface area contributed by atoms with Gasteiger partial charge in [-0.15, -0.1) is 5.54 Å². The molecule has 0 spiro atoms. The summed E-state index contributed by atoms with van der Waals surface area (Å²) in [5.41, 5.74) is 4.91. The highest BCUT2D eigenvalue weighted by atomic mass is 35.5. The molecule has 0 aliphatic heterocycles. The van der Waals surface area contributed by atoms with Crippen LogP contribution in [-0.2, 0) is 0 Å². The van der Waals surface area contributed by atoms with E-state index in [4.69, 9.17) is 11.6 Å². The van der Waals surface area contributed by atoms with Gasteiger partial charge in [0.25, 0.3) is 0 Å². The van der Waals surface area contributed by atoms with E-state index < -0.39 is 8.07 Å². The quantitative estimate of drug-likeness (QED) is 0.449. The Morgan fingerprint density at radius 2 is 1.79 bits per heavy atom. The van der Waals surface area contributed by atoms with Gasteiger partial charge < -0.3 is 0 Å². The molecular weight excluding hydrogens is 272 g/mol. The summed E-state index contributed by atoms with van der Waals surface area (Å²) < 4.78 is 0. The molecule has 0 amide bonds. The maximum absolute atomic E-state index is 6.17. The monoisotopic (exact) mass is 286 g/mol. The molecule has 2 aromatic rings. The summed E-state index contributed by atoms with van der Waals surface area (Å²) in [4.78, 5) is 8.64. The molecule has 1 aromatic carbocycles. The van der Waals surface area contributed by atoms with Gasteiger partial charge in [-0.1, -0.05) is 67.5 Å². The lowest BCUT2D eigenvalue weighted by Crippen LogP contribution is -2.16. The fraction of sp³-hybridized carbons (Fsp3) is 0.200. The molecule has 0 aliphatic rings. The van der Waals surface area contributed by atoms with Crippen LogP contribution in [0.3, 0.4) is 0 Å². The number of hydrogen-bond acceptors (Lipinski definition) is 2. The van der Waals surface area contributed by atoms with Gasteiger partial charge in [0, 0.05) is 11.8 Å². The van der Waals surface area contributed by atoms with Gasteiger partial charge in [-0.3, -0.25) is 0 Å². The average molecular weight is 287 g/mol. The maximum Gasteiger partial charge on any atom is 0.160 e. The van der Waals surface area contributed by atoms with Crippen molar-refractivity contribution in [2.75, 3.05) is 0 Å². The van der Waals surface area contributed by atoms with Gasteiger partial charge in [-0.05, 0) is 0 Å². The van der Waals surface area contributed by atoms with Crippen molar-refractivity contribution >= 4 is 19.7 Å². The second-order valence-electron chi connectivity index (χ2n) is 5.26. The summed E-state index contributed by atoms with van der Waals surface area (Å²) in [6.07, 6.45) is 1.70. The Morgan fingerprint density at radius 1 is 1.11 bits per heavy atom. The fourth-order valence-electron chi connectivity index (χ4n) is 1.43. The number of hydrogen-bond donors (Lipinski definition) is 0. The van der Waals surface area contributed by atoms with E-state index in [9.17, 15) is 0 Å². The third-order valence-electron chi connectivity index (χ3n) is 2.35. The molecule has 0 radical (unpaired) electrons. The number of benzene rings is 1. The van der Waals surface area contributed by atoms with Crippen LogP contribution >= 0.6 is 11.6 Å². The van der Waals surface area contributed by atoms with Crippen LogP contribution in [0.25, 0.3) is 11.4 Å². The van der Waals surface area contributed by atoms with Crippen molar-refractivity contribution in [2.24, 2.45) is 0 Å². The van der Waals surface area contributed by atoms with Crippen molar-refractivity contribution in [3.05, 3.63) is 47.2 Å². The topological polar surface area (TPSA) is 25.8 Å². The summed E-state index contributed by atoms with van der Waals surface area (Å²) in [6, 6.07) is 9.77. The molecule has 0 N–H and O–H groups in total. The minimum Gasteiger partial charge on any atom is -0.235 e. The molecule has 2 nitrogen and oxygen atoms in total. The average Bonchev–Trinajstić information content (AvgIpc) is 2.37. The van der Waals surface area contributed by atoms with E-state index in [1.54, 1.807) is 6.20 Å². The molecule has 0 fully saturated rings. The van der Waals surface area contributed by atoms with Crippen molar-refractivity contribution in [3.8, 4) is 22.9 Å². The van der Waals surface area contributed by atoms with Crippen molar-refractivity contribution < 1.29 is 0 Å². The van der Waals surface area contributed by atoms with E-state index >= 15 is 0 Å². The molecule has 0 bridgehead atoms. The second kappa shape index (κ2) is 5.56. The zero-order chi connectivity index (χ0) is 13.9. The summed E-state index contributed by atoms with van der Waals surface area (Å²) in [5.74, 6) is 3.72. The third kappa shape index (κ3) is 3.92. The lowest BCUT2D eigenvalue weighted by Gasteiger charge is -2.04. The first-order chi connectivity index (χ1) is 8.96. The van der Waals surface area contributed by atoms with Gasteiger partial charge >= 0.3 is 0 Å². The number of rotatable bonds is 1. The SMILES string of the molecule is C[Si](C)(C)C#Cc1cnc(-c2ccccc2)nc1Cl. The first-order valence-corrected chi connectivity index (χ1v) is 9.95. The molecule has 0 aliphatic carbocycles. The minimum atomic E-state index is -1.42. The molecule has 19 heavy (non-hydrogen) atoms. The molecule has 4 heteroatoms. The Labute approximate surface area is 119 Å². The normalized spacial score (nSPS) is 10.7. The van der Waals surface area contributed by atoms with Gasteiger partial charge in [0.1, 0.15) is 13.2 Å². The molecule has 2 rings (SSSR count). The van der Waals surface area contributed by atoms with Crippen LogP contribution < -0.4 is 0 Å². The first-order valence-electron chi connectivity index (χ1n) is 6.07. The largest absolute Gasteiger partial charge is 0.235 e. The van der Waals surface area contributed by atoms with Crippen LogP contribution in [-0.4, -0.2) is 18.0 Å². The van der Waals surface area contributed by atoms with Crippen LogP contribution in [0.2, 0.25) is 24.8 Å². The van der Waals surface area contributed by atoms with E-state index in [0.29, 0.717) is 16.5 Å². The zero-order valence-electron chi connectivity index (χ0n) is 11.2. The van der Waals surface area contributed by atoms with Gasteiger partial charge in [0.15, 0.2) is 5.82 Å². The zero-order valence-corrected chi connectivity index (χ0v) is 13.0. The van der Waals surface area contributed by atoms with Crippen LogP contribution in [0.4, 0.5) is 0 Å². The Kier molecular flexibility index (Phi) is 4.04. The Bertz CT molecular complexity index is 637. The molecule has 0 unspecified atom stereocenters. The van der Waals surface area contributed by atoms with Crippen molar-refractivity contribution in [2.45, 2.75) is 19.6 Å². The van der Waals surface area contributed by atoms with Gasteiger partial charge in [0.2, 0.25) is 0 Å². The van der Waals surface area contributed by atoms with Crippen molar-refractivity contribution in [1.29, 1.82) is 0 Å². The van der Waals surface area contributed by atoms with E-state index in [-0.39, 0.29) is 0 Å². The molecule has 1 aromatic heterocycles. The predicted molar refractivity (Wildman–Crippen MR) is 82.7 cm³/mol. The van der Waals surface area contributed by atoms with Crippen LogP contribution in [0.1, 0.15) is 5.56 Å². The molecular formula is C15H15ClN2Si. The molecule has 96 valence electrons. The standard InChI is InChI=1S/C15H15ClN2Si/c1-19(2,3)10-9-13-11-17-15(18-14(13)16)12-7-5-4-6-8-12/h4-8,11H,1-3H3. The van der Waals surface area contributed by atoms with Crippen LogP contribution in [0, 0.1) is 11.5 Å². The second-order valence-corrected chi connectivity index (χ2v) is 10.4. The lowest BCUT2D eigenvalue weighted by molar-refractivity contribution is 1.16. The first kappa shape index (κ1) is 13.8. The molecule has 0 atom stereocenters. The van der Waals surface area contributed by atoms with Gasteiger partial charge in [-0.25, -0.2) is 9.97 Å². The summed E-state index contributed by atoms with van der Waals surface area (Å²) in [7, 11) is -1.42. The maximum atomic E-state index is 6.17. The highest BCUT2D eigenvalue weighted by molar-refractivity contribution is 6.83. The highest BCUT2D eigenvalue weighted by Gasteiger charge is 2.09. The van der Waals surface area contributed by atoms with E-state index in [0.717, 1.165) is 5.56 Å². The van der Waals surface area contributed by atoms with Crippen molar-refractivity contribution in [1.82, 2.24) is 9.97 Å². The van der Waals surface area contributed by atoms with Gasteiger partial charge in [0.05, 0.1) is 5.56 Å². The Hall–Kier alpha value is -1.63. The number of halogens is 1. The predicted octanol–water partition coefficient (Wildman–Crippen LogP) is 4.03. The fourth-order valence-corrected chi connectivity index (χ4v) is 2.11. The van der Waals surface area contributed by atoms with Crippen LogP contribution in [0.5, 0.6) is 0 Å².